The lowest BCUT2D eigenvalue weighted by Gasteiger charge is -2.20. The van der Waals surface area contributed by atoms with E-state index in [1.165, 1.54) is 0 Å². The van der Waals surface area contributed by atoms with Gasteiger partial charge < -0.3 is 10.6 Å². The highest BCUT2D eigenvalue weighted by atomic mass is 35.5. The molecule has 18 heavy (non-hydrogen) atoms. The third-order valence-corrected chi connectivity index (χ3v) is 3.34. The van der Waals surface area contributed by atoms with E-state index in [1.54, 1.807) is 4.90 Å². The lowest BCUT2D eigenvalue weighted by atomic mass is 10.1. The summed E-state index contributed by atoms with van der Waals surface area (Å²) in [7, 11) is -3.64. The first kappa shape index (κ1) is 17.6. The van der Waals surface area contributed by atoms with Crippen LogP contribution < -0.4 is 15.6 Å². The van der Waals surface area contributed by atoms with Crippen molar-refractivity contribution >= 4 is 28.5 Å². The first-order valence-electron chi connectivity index (χ1n) is 5.72. The normalized spacial score (nSPS) is 17.3. The number of likely N-dealkylation sites (tertiary alicyclic amines) is 1. The molecule has 0 unspecified atom stereocenters. The zero-order valence-electron chi connectivity index (χ0n) is 10.2. The van der Waals surface area contributed by atoms with E-state index in [0.29, 0.717) is 12.8 Å². The molecule has 0 aromatic rings. The Kier molecular flexibility index (Phi) is 7.72. The van der Waals surface area contributed by atoms with Gasteiger partial charge in [0.25, 0.3) is 10.2 Å². The summed E-state index contributed by atoms with van der Waals surface area (Å²) >= 11 is 0. The number of nitrogens with one attached hydrogen (secondary N) is 1. The van der Waals surface area contributed by atoms with Crippen LogP contribution in [0.4, 0.5) is 0 Å². The number of hydrogen-bond acceptors (Lipinski definition) is 4. The summed E-state index contributed by atoms with van der Waals surface area (Å²) in [6.07, 6.45) is 3.02. The molecule has 0 spiro atoms. The van der Waals surface area contributed by atoms with Crippen LogP contribution in [0.2, 0.25) is 0 Å². The minimum atomic E-state index is -3.64. The number of carbonyl (C=O) groups excluding carboxylic acids is 1. The molecule has 1 fully saturated rings. The standard InChI is InChI=1S/C9H20N4O3S.ClH/c10-8(4-3-5-12-17(11,15)16)9(14)13-6-1-2-7-13;/h8,12H,1-7,10H2,(H2,11,15,16);1H/t8-;/m0./s1. The fourth-order valence-electron chi connectivity index (χ4n) is 1.83. The monoisotopic (exact) mass is 300 g/mol. The van der Waals surface area contributed by atoms with E-state index in [0.717, 1.165) is 25.9 Å². The summed E-state index contributed by atoms with van der Waals surface area (Å²) < 4.78 is 23.3. The van der Waals surface area contributed by atoms with Gasteiger partial charge in [-0.1, -0.05) is 0 Å². The van der Waals surface area contributed by atoms with Crippen LogP contribution in [0, 0.1) is 0 Å². The van der Waals surface area contributed by atoms with E-state index in [4.69, 9.17) is 10.9 Å². The molecule has 1 aliphatic rings. The van der Waals surface area contributed by atoms with Crippen LogP contribution >= 0.6 is 12.4 Å². The molecule has 1 heterocycles. The highest BCUT2D eigenvalue weighted by Gasteiger charge is 2.23. The van der Waals surface area contributed by atoms with Gasteiger partial charge in [-0.05, 0) is 25.7 Å². The molecule has 0 aliphatic carbocycles. The maximum Gasteiger partial charge on any atom is 0.274 e. The van der Waals surface area contributed by atoms with Crippen LogP contribution in [0.3, 0.4) is 0 Å². The summed E-state index contributed by atoms with van der Waals surface area (Å²) in [5.74, 6) is -0.0434. The Morgan fingerprint density at radius 2 is 1.89 bits per heavy atom. The Labute approximate surface area is 114 Å². The lowest BCUT2D eigenvalue weighted by molar-refractivity contribution is -0.131. The zero-order chi connectivity index (χ0) is 12.9. The maximum atomic E-state index is 11.8. The van der Waals surface area contributed by atoms with Crippen molar-refractivity contribution in [3.63, 3.8) is 0 Å². The summed E-state index contributed by atoms with van der Waals surface area (Å²) in [5, 5.41) is 4.77. The minimum absolute atomic E-state index is 0. The number of halogens is 1. The van der Waals surface area contributed by atoms with Gasteiger partial charge in [0.1, 0.15) is 0 Å². The molecule has 1 amide bonds. The van der Waals surface area contributed by atoms with Crippen molar-refractivity contribution in [2.45, 2.75) is 31.7 Å². The van der Waals surface area contributed by atoms with Crippen molar-refractivity contribution in [2.75, 3.05) is 19.6 Å². The largest absolute Gasteiger partial charge is 0.341 e. The van der Waals surface area contributed by atoms with Crippen LogP contribution in [-0.2, 0) is 15.0 Å². The second-order valence-electron chi connectivity index (χ2n) is 4.22. The van der Waals surface area contributed by atoms with Crippen molar-refractivity contribution in [3.8, 4) is 0 Å². The molecule has 7 nitrogen and oxygen atoms in total. The Morgan fingerprint density at radius 1 is 1.33 bits per heavy atom. The second kappa shape index (κ2) is 7.90. The van der Waals surface area contributed by atoms with Crippen LogP contribution in [0.25, 0.3) is 0 Å². The molecule has 1 aliphatic heterocycles. The molecule has 0 aromatic heterocycles. The van der Waals surface area contributed by atoms with Crippen molar-refractivity contribution in [2.24, 2.45) is 10.9 Å². The molecule has 5 N–H and O–H groups in total. The molecule has 0 aromatic carbocycles. The van der Waals surface area contributed by atoms with Gasteiger partial charge in [0, 0.05) is 19.6 Å². The smallest absolute Gasteiger partial charge is 0.274 e. The van der Waals surface area contributed by atoms with Gasteiger partial charge in [-0.2, -0.15) is 8.42 Å². The van der Waals surface area contributed by atoms with Gasteiger partial charge in [0.15, 0.2) is 0 Å². The topological polar surface area (TPSA) is 119 Å². The zero-order valence-corrected chi connectivity index (χ0v) is 11.8. The molecule has 1 atom stereocenters. The Hall–Kier alpha value is -0.410. The Bertz CT molecular complexity index is 357. The highest BCUT2D eigenvalue weighted by molar-refractivity contribution is 7.87. The number of rotatable bonds is 6. The van der Waals surface area contributed by atoms with E-state index in [9.17, 15) is 13.2 Å². The van der Waals surface area contributed by atoms with Crippen LogP contribution in [-0.4, -0.2) is 44.9 Å². The van der Waals surface area contributed by atoms with E-state index in [-0.39, 0.29) is 24.9 Å². The van der Waals surface area contributed by atoms with Gasteiger partial charge in [-0.3, -0.25) is 4.79 Å². The van der Waals surface area contributed by atoms with Crippen molar-refractivity contribution in [1.82, 2.24) is 9.62 Å². The summed E-state index contributed by atoms with van der Waals surface area (Å²) in [5.41, 5.74) is 5.75. The summed E-state index contributed by atoms with van der Waals surface area (Å²) in [4.78, 5) is 13.5. The quantitative estimate of drug-likeness (QED) is 0.541. The van der Waals surface area contributed by atoms with Gasteiger partial charge in [-0.25, -0.2) is 9.86 Å². The van der Waals surface area contributed by atoms with E-state index >= 15 is 0 Å². The Morgan fingerprint density at radius 3 is 2.39 bits per heavy atom. The molecule has 9 heteroatoms. The van der Waals surface area contributed by atoms with Gasteiger partial charge >= 0.3 is 0 Å². The van der Waals surface area contributed by atoms with Crippen LogP contribution in [0.1, 0.15) is 25.7 Å². The molecule has 1 saturated heterocycles. The molecule has 0 saturated carbocycles. The van der Waals surface area contributed by atoms with Gasteiger partial charge in [0.05, 0.1) is 6.04 Å². The predicted molar refractivity (Wildman–Crippen MR) is 71.4 cm³/mol. The lowest BCUT2D eigenvalue weighted by Crippen LogP contribution is -2.42. The van der Waals surface area contributed by atoms with E-state index < -0.39 is 16.3 Å². The van der Waals surface area contributed by atoms with Crippen LogP contribution in [0.15, 0.2) is 0 Å². The molecule has 0 bridgehead atoms. The fraction of sp³-hybridized carbons (Fsp3) is 0.889. The third kappa shape index (κ3) is 6.50. The van der Waals surface area contributed by atoms with Crippen LogP contribution in [0.5, 0.6) is 0 Å². The predicted octanol–water partition coefficient (Wildman–Crippen LogP) is -1.07. The SMILES string of the molecule is Cl.N[C@@H](CCCNS(N)(=O)=O)C(=O)N1CCCC1. The second-order valence-corrected chi connectivity index (χ2v) is 5.60. The van der Waals surface area contributed by atoms with Crippen molar-refractivity contribution < 1.29 is 13.2 Å². The van der Waals surface area contributed by atoms with Crippen molar-refractivity contribution in [3.05, 3.63) is 0 Å². The summed E-state index contributed by atoms with van der Waals surface area (Å²) in [6, 6.07) is -0.546. The first-order valence-corrected chi connectivity index (χ1v) is 7.26. The maximum absolute atomic E-state index is 11.8. The number of nitrogens with zero attached hydrogens (tertiary/aromatic N) is 1. The number of nitrogens with two attached hydrogens (primary N) is 2. The Balaban J connectivity index is 0.00000289. The molecular formula is C9H21ClN4O3S. The highest BCUT2D eigenvalue weighted by Crippen LogP contribution is 2.10. The van der Waals surface area contributed by atoms with E-state index in [2.05, 4.69) is 4.72 Å². The van der Waals surface area contributed by atoms with Gasteiger partial charge in [-0.15, -0.1) is 12.4 Å². The fourth-order valence-corrected chi connectivity index (χ4v) is 2.26. The number of carbonyl (C=O) groups is 1. The van der Waals surface area contributed by atoms with Crippen molar-refractivity contribution in [1.29, 1.82) is 0 Å². The number of hydrogen-bond donors (Lipinski definition) is 3. The number of amides is 1. The molecule has 108 valence electrons. The summed E-state index contributed by atoms with van der Waals surface area (Å²) in [6.45, 7) is 1.77. The first-order chi connectivity index (χ1) is 7.90. The average Bonchev–Trinajstić information content (AvgIpc) is 2.74. The average molecular weight is 301 g/mol. The molecule has 0 radical (unpaired) electrons. The minimum Gasteiger partial charge on any atom is -0.341 e. The van der Waals surface area contributed by atoms with Gasteiger partial charge in [0.2, 0.25) is 5.91 Å². The molecule has 1 rings (SSSR count). The van der Waals surface area contributed by atoms with E-state index in [1.807, 2.05) is 0 Å². The molecular weight excluding hydrogens is 280 g/mol. The third-order valence-electron chi connectivity index (χ3n) is 2.73.